The van der Waals surface area contributed by atoms with Gasteiger partial charge < -0.3 is 5.32 Å². The van der Waals surface area contributed by atoms with Crippen molar-refractivity contribution in [3.8, 4) is 0 Å². The van der Waals surface area contributed by atoms with Crippen LogP contribution in [-0.4, -0.2) is 9.78 Å². The third-order valence-electron chi connectivity index (χ3n) is 2.74. The van der Waals surface area contributed by atoms with Crippen molar-refractivity contribution in [3.63, 3.8) is 0 Å². The molecule has 0 unspecified atom stereocenters. The fourth-order valence-corrected chi connectivity index (χ4v) is 2.07. The van der Waals surface area contributed by atoms with Crippen molar-refractivity contribution in [2.45, 2.75) is 19.5 Å². The Hall–Kier alpha value is -1.32. The molecule has 0 amide bonds. The Morgan fingerprint density at radius 2 is 2.18 bits per heavy atom. The molecule has 1 heterocycles. The lowest BCUT2D eigenvalue weighted by Crippen LogP contribution is -2.18. The van der Waals surface area contributed by atoms with Crippen molar-refractivity contribution in [3.05, 3.63) is 52.8 Å². The smallest absolute Gasteiger partial charge is 0.0534 e. The number of hydrogen-bond acceptors (Lipinski definition) is 2. The number of hydrogen-bond donors (Lipinski definition) is 1. The summed E-state index contributed by atoms with van der Waals surface area (Å²) in [6, 6.07) is 8.13. The van der Waals surface area contributed by atoms with Crippen LogP contribution in [0.15, 0.2) is 36.7 Å². The number of nitrogens with one attached hydrogen (secondary N) is 1. The quantitative estimate of drug-likeness (QED) is 0.903. The van der Waals surface area contributed by atoms with Crippen LogP contribution >= 0.6 is 11.6 Å². The molecule has 0 radical (unpaired) electrons. The zero-order valence-electron chi connectivity index (χ0n) is 10.0. The molecule has 2 rings (SSSR count). The Labute approximate surface area is 106 Å². The van der Waals surface area contributed by atoms with Crippen LogP contribution in [0.1, 0.15) is 24.1 Å². The first-order valence-electron chi connectivity index (χ1n) is 5.62. The van der Waals surface area contributed by atoms with E-state index in [1.54, 1.807) is 4.68 Å². The van der Waals surface area contributed by atoms with Crippen molar-refractivity contribution in [1.82, 2.24) is 15.1 Å². The summed E-state index contributed by atoms with van der Waals surface area (Å²) < 4.78 is 1.80. The van der Waals surface area contributed by atoms with E-state index in [2.05, 4.69) is 17.3 Å². The van der Waals surface area contributed by atoms with Crippen LogP contribution in [-0.2, 0) is 13.6 Å². The average molecular weight is 250 g/mol. The highest BCUT2D eigenvalue weighted by atomic mass is 35.5. The van der Waals surface area contributed by atoms with E-state index in [0.29, 0.717) is 0 Å². The molecule has 0 aliphatic carbocycles. The molecule has 90 valence electrons. The molecule has 4 heteroatoms. The van der Waals surface area contributed by atoms with Crippen molar-refractivity contribution in [1.29, 1.82) is 0 Å². The highest BCUT2D eigenvalue weighted by Gasteiger charge is 2.08. The second-order valence-electron chi connectivity index (χ2n) is 4.15. The van der Waals surface area contributed by atoms with Gasteiger partial charge in [-0.1, -0.05) is 29.8 Å². The second-order valence-corrected chi connectivity index (χ2v) is 4.55. The largest absolute Gasteiger partial charge is 0.306 e. The first-order valence-corrected chi connectivity index (χ1v) is 6.00. The van der Waals surface area contributed by atoms with Gasteiger partial charge in [-0.05, 0) is 18.6 Å². The molecule has 1 aromatic heterocycles. The van der Waals surface area contributed by atoms with Gasteiger partial charge in [-0.15, -0.1) is 0 Å². The normalized spacial score (nSPS) is 12.6. The van der Waals surface area contributed by atoms with Crippen LogP contribution in [0.25, 0.3) is 0 Å². The molecule has 1 N–H and O–H groups in total. The predicted molar refractivity (Wildman–Crippen MR) is 69.9 cm³/mol. The lowest BCUT2D eigenvalue weighted by atomic mass is 10.1. The van der Waals surface area contributed by atoms with Gasteiger partial charge in [0.2, 0.25) is 0 Å². The molecule has 3 nitrogen and oxygen atoms in total. The van der Waals surface area contributed by atoms with Crippen molar-refractivity contribution in [2.75, 3.05) is 0 Å². The van der Waals surface area contributed by atoms with E-state index in [1.165, 1.54) is 5.56 Å². The van der Waals surface area contributed by atoms with E-state index < -0.39 is 0 Å². The molecular formula is C13H16ClN3. The van der Waals surface area contributed by atoms with Gasteiger partial charge in [0, 0.05) is 36.4 Å². The minimum absolute atomic E-state index is 0.226. The zero-order chi connectivity index (χ0) is 12.3. The van der Waals surface area contributed by atoms with Gasteiger partial charge in [0.05, 0.1) is 6.20 Å². The highest BCUT2D eigenvalue weighted by molar-refractivity contribution is 6.31. The zero-order valence-corrected chi connectivity index (χ0v) is 10.8. The molecule has 0 aliphatic rings. The van der Waals surface area contributed by atoms with Crippen molar-refractivity contribution < 1.29 is 0 Å². The molecule has 0 aliphatic heterocycles. The third kappa shape index (κ3) is 3.08. The summed E-state index contributed by atoms with van der Waals surface area (Å²) in [7, 11) is 1.92. The number of aromatic nitrogens is 2. The summed E-state index contributed by atoms with van der Waals surface area (Å²) in [4.78, 5) is 0. The monoisotopic (exact) mass is 249 g/mol. The van der Waals surface area contributed by atoms with Crippen LogP contribution < -0.4 is 5.32 Å². The molecule has 1 aromatic carbocycles. The summed E-state index contributed by atoms with van der Waals surface area (Å²) in [5.41, 5.74) is 2.30. The van der Waals surface area contributed by atoms with Gasteiger partial charge in [0.25, 0.3) is 0 Å². The lowest BCUT2D eigenvalue weighted by Gasteiger charge is -2.14. The maximum Gasteiger partial charge on any atom is 0.0534 e. The fraction of sp³-hybridized carbons (Fsp3) is 0.308. The Balaban J connectivity index is 1.98. The Morgan fingerprint density at radius 3 is 2.82 bits per heavy atom. The van der Waals surface area contributed by atoms with Crippen molar-refractivity contribution >= 4 is 11.6 Å². The Bertz CT molecular complexity index is 493. The average Bonchev–Trinajstić information content (AvgIpc) is 2.73. The number of nitrogens with zero attached hydrogens (tertiary/aromatic N) is 2. The number of halogens is 1. The summed E-state index contributed by atoms with van der Waals surface area (Å²) in [5.74, 6) is 0. The minimum Gasteiger partial charge on any atom is -0.306 e. The standard InChI is InChI=1S/C13H16ClN3/c1-10(12-5-3-4-6-13(12)14)15-7-11-8-16-17(2)9-11/h3-6,8-10,15H,7H2,1-2H3/t10-/m1/s1. The summed E-state index contributed by atoms with van der Waals surface area (Å²) in [6.07, 6.45) is 3.87. The van der Waals surface area contributed by atoms with Gasteiger partial charge in [-0.25, -0.2) is 0 Å². The van der Waals surface area contributed by atoms with Crippen LogP contribution in [0.5, 0.6) is 0 Å². The van der Waals surface area contributed by atoms with E-state index in [-0.39, 0.29) is 6.04 Å². The van der Waals surface area contributed by atoms with Gasteiger partial charge in [0.1, 0.15) is 0 Å². The maximum atomic E-state index is 6.15. The Morgan fingerprint density at radius 1 is 1.41 bits per heavy atom. The van der Waals surface area contributed by atoms with E-state index in [1.807, 2.05) is 43.7 Å². The molecule has 0 saturated heterocycles. The molecule has 17 heavy (non-hydrogen) atoms. The topological polar surface area (TPSA) is 29.9 Å². The summed E-state index contributed by atoms with van der Waals surface area (Å²) in [6.45, 7) is 2.90. The van der Waals surface area contributed by atoms with E-state index >= 15 is 0 Å². The molecule has 2 aromatic rings. The Kier molecular flexibility index (Phi) is 3.82. The summed E-state index contributed by atoms with van der Waals surface area (Å²) in [5, 5.41) is 8.37. The molecule has 0 fully saturated rings. The number of aryl methyl sites for hydroxylation is 1. The van der Waals surface area contributed by atoms with E-state index in [4.69, 9.17) is 11.6 Å². The first-order chi connectivity index (χ1) is 8.16. The molecule has 0 saturated carbocycles. The molecular weight excluding hydrogens is 234 g/mol. The van der Waals surface area contributed by atoms with Gasteiger partial charge in [0.15, 0.2) is 0 Å². The van der Waals surface area contributed by atoms with Crippen molar-refractivity contribution in [2.24, 2.45) is 7.05 Å². The van der Waals surface area contributed by atoms with Crippen LogP contribution in [0.4, 0.5) is 0 Å². The fourth-order valence-electron chi connectivity index (χ4n) is 1.77. The lowest BCUT2D eigenvalue weighted by molar-refractivity contribution is 0.574. The first kappa shape index (κ1) is 12.1. The highest BCUT2D eigenvalue weighted by Crippen LogP contribution is 2.22. The van der Waals surface area contributed by atoms with Gasteiger partial charge in [-0.2, -0.15) is 5.10 Å². The number of rotatable bonds is 4. The van der Waals surface area contributed by atoms with E-state index in [9.17, 15) is 0 Å². The van der Waals surface area contributed by atoms with E-state index in [0.717, 1.165) is 17.1 Å². The second kappa shape index (κ2) is 5.34. The van der Waals surface area contributed by atoms with Crippen LogP contribution in [0.2, 0.25) is 5.02 Å². The summed E-state index contributed by atoms with van der Waals surface area (Å²) >= 11 is 6.15. The molecule has 0 bridgehead atoms. The molecule has 1 atom stereocenters. The minimum atomic E-state index is 0.226. The van der Waals surface area contributed by atoms with Crippen LogP contribution in [0, 0.1) is 0 Å². The van der Waals surface area contributed by atoms with Gasteiger partial charge >= 0.3 is 0 Å². The third-order valence-corrected chi connectivity index (χ3v) is 3.09. The van der Waals surface area contributed by atoms with Crippen LogP contribution in [0.3, 0.4) is 0 Å². The SMILES string of the molecule is C[C@@H](NCc1cnn(C)c1)c1ccccc1Cl. The predicted octanol–water partition coefficient (Wildman–Crippen LogP) is 2.92. The van der Waals surface area contributed by atoms with Gasteiger partial charge in [-0.3, -0.25) is 4.68 Å². The molecule has 0 spiro atoms. The maximum absolute atomic E-state index is 6.15. The number of benzene rings is 1.